The van der Waals surface area contributed by atoms with Gasteiger partial charge >= 0.3 is 5.97 Å². The lowest BCUT2D eigenvalue weighted by atomic mass is 9.46. The molecule has 0 heterocycles. The number of rotatable bonds is 7. The molecular weight excluding hydrogens is 312 g/mol. The average Bonchev–Trinajstić information content (AvgIpc) is 2.56. The lowest BCUT2D eigenvalue weighted by Gasteiger charge is -2.58. The van der Waals surface area contributed by atoms with E-state index in [1.807, 2.05) is 0 Å². The molecule has 2 aliphatic carbocycles. The summed E-state index contributed by atoms with van der Waals surface area (Å²) in [6.45, 7) is 11.9. The molecule has 0 aromatic carbocycles. The lowest BCUT2D eigenvalue weighted by Crippen LogP contribution is -2.50. The Labute approximate surface area is 154 Å². The highest BCUT2D eigenvalue weighted by Crippen LogP contribution is 2.62. The molecule has 3 heteroatoms. The third-order valence-corrected chi connectivity index (χ3v) is 7.60. The van der Waals surface area contributed by atoms with Gasteiger partial charge in [-0.3, -0.25) is 4.79 Å². The van der Waals surface area contributed by atoms with Gasteiger partial charge in [-0.15, -0.1) is 0 Å². The molecule has 0 aliphatic heterocycles. The number of allylic oxidation sites excluding steroid dienone is 1. The molecule has 144 valence electrons. The Morgan fingerprint density at radius 2 is 2.08 bits per heavy atom. The molecule has 0 spiro atoms. The van der Waals surface area contributed by atoms with Crippen molar-refractivity contribution in [1.82, 2.24) is 0 Å². The highest BCUT2D eigenvalue weighted by molar-refractivity contribution is 5.66. The molecule has 25 heavy (non-hydrogen) atoms. The number of hydrogen-bond acceptors (Lipinski definition) is 3. The first-order chi connectivity index (χ1) is 11.7. The smallest absolute Gasteiger partial charge is 0.302 e. The Balaban J connectivity index is 2.18. The van der Waals surface area contributed by atoms with Crippen molar-refractivity contribution in [2.24, 2.45) is 28.6 Å². The van der Waals surface area contributed by atoms with Crippen LogP contribution in [0.25, 0.3) is 0 Å². The Morgan fingerprint density at radius 1 is 1.36 bits per heavy atom. The molecule has 2 unspecified atom stereocenters. The molecule has 1 saturated carbocycles. The van der Waals surface area contributed by atoms with Gasteiger partial charge in [-0.1, -0.05) is 40.2 Å². The van der Waals surface area contributed by atoms with Crippen LogP contribution in [0.1, 0.15) is 79.6 Å². The van der Waals surface area contributed by atoms with Crippen LogP contribution in [0.5, 0.6) is 0 Å². The molecule has 2 rings (SSSR count). The van der Waals surface area contributed by atoms with E-state index >= 15 is 0 Å². The second-order valence-electron chi connectivity index (χ2n) is 9.16. The summed E-state index contributed by atoms with van der Waals surface area (Å²) in [6.07, 6.45) is 10.5. The van der Waals surface area contributed by atoms with Gasteiger partial charge in [-0.25, -0.2) is 0 Å². The van der Waals surface area contributed by atoms with Crippen molar-refractivity contribution >= 4 is 5.97 Å². The summed E-state index contributed by atoms with van der Waals surface area (Å²) in [7, 11) is 0. The maximum atomic E-state index is 11.3. The first kappa shape index (κ1) is 20.5. The largest absolute Gasteiger partial charge is 0.461 e. The van der Waals surface area contributed by atoms with Crippen LogP contribution in [0.3, 0.4) is 0 Å². The van der Waals surface area contributed by atoms with Gasteiger partial charge in [0.25, 0.3) is 0 Å². The third kappa shape index (κ3) is 4.30. The van der Waals surface area contributed by atoms with E-state index in [0.717, 1.165) is 18.8 Å². The quantitative estimate of drug-likeness (QED) is 0.511. The summed E-state index contributed by atoms with van der Waals surface area (Å²) < 4.78 is 5.39. The molecule has 1 N–H and O–H groups in total. The molecule has 0 radical (unpaired) electrons. The normalized spacial score (nSPS) is 36.3. The number of carbonyl (C=O) groups is 1. The maximum absolute atomic E-state index is 11.3. The third-order valence-electron chi connectivity index (χ3n) is 7.60. The molecule has 0 bridgehead atoms. The summed E-state index contributed by atoms with van der Waals surface area (Å²) in [5, 5.41) is 9.21. The molecule has 2 aliphatic rings. The van der Waals surface area contributed by atoms with Gasteiger partial charge < -0.3 is 9.84 Å². The van der Waals surface area contributed by atoms with Crippen LogP contribution in [0.2, 0.25) is 0 Å². The standard InChI is InChI=1S/C22H38O3/c1-16(11-14-23)9-12-21(4)17(2)10-13-22(5)19(15-25-18(3)24)7-6-8-20(21)22/h7,16-17,20,23H,6,8-15H2,1-5H3/t16?,17-,20?,21+,22-/m1/s1. The van der Waals surface area contributed by atoms with E-state index in [-0.39, 0.29) is 11.4 Å². The fourth-order valence-electron chi connectivity index (χ4n) is 5.53. The van der Waals surface area contributed by atoms with Crippen LogP contribution in [-0.4, -0.2) is 24.3 Å². The molecule has 0 aromatic rings. The van der Waals surface area contributed by atoms with Crippen LogP contribution in [0.4, 0.5) is 0 Å². The number of hydrogen-bond donors (Lipinski definition) is 1. The first-order valence-corrected chi connectivity index (χ1v) is 10.2. The first-order valence-electron chi connectivity index (χ1n) is 10.2. The number of aliphatic hydroxyl groups is 1. The molecule has 0 saturated heterocycles. The van der Waals surface area contributed by atoms with Gasteiger partial charge in [0, 0.05) is 13.5 Å². The van der Waals surface area contributed by atoms with Gasteiger partial charge in [-0.05, 0) is 72.7 Å². The predicted molar refractivity (Wildman–Crippen MR) is 102 cm³/mol. The van der Waals surface area contributed by atoms with E-state index in [2.05, 4.69) is 33.8 Å². The van der Waals surface area contributed by atoms with Crippen molar-refractivity contribution in [3.05, 3.63) is 11.6 Å². The number of ether oxygens (including phenoxy) is 1. The molecule has 1 fully saturated rings. The van der Waals surface area contributed by atoms with Gasteiger partial charge in [-0.2, -0.15) is 0 Å². The van der Waals surface area contributed by atoms with Gasteiger partial charge in [0.1, 0.15) is 6.61 Å². The molecule has 0 aromatic heterocycles. The van der Waals surface area contributed by atoms with Crippen LogP contribution in [-0.2, 0) is 9.53 Å². The Morgan fingerprint density at radius 3 is 2.72 bits per heavy atom. The van der Waals surface area contributed by atoms with E-state index in [0.29, 0.717) is 30.5 Å². The van der Waals surface area contributed by atoms with Crippen molar-refractivity contribution in [3.8, 4) is 0 Å². The number of aliphatic hydroxyl groups excluding tert-OH is 1. The topological polar surface area (TPSA) is 46.5 Å². The van der Waals surface area contributed by atoms with Crippen LogP contribution in [0.15, 0.2) is 11.6 Å². The van der Waals surface area contributed by atoms with E-state index in [1.165, 1.54) is 44.6 Å². The van der Waals surface area contributed by atoms with E-state index in [9.17, 15) is 9.90 Å². The van der Waals surface area contributed by atoms with Crippen molar-refractivity contribution < 1.29 is 14.6 Å². The Kier molecular flexibility index (Phi) is 6.75. The summed E-state index contributed by atoms with van der Waals surface area (Å²) in [4.78, 5) is 11.3. The van der Waals surface area contributed by atoms with Gasteiger partial charge in [0.15, 0.2) is 0 Å². The van der Waals surface area contributed by atoms with E-state index < -0.39 is 0 Å². The van der Waals surface area contributed by atoms with E-state index in [1.54, 1.807) is 0 Å². The highest BCUT2D eigenvalue weighted by atomic mass is 16.5. The zero-order valence-corrected chi connectivity index (χ0v) is 16.9. The van der Waals surface area contributed by atoms with Crippen LogP contribution < -0.4 is 0 Å². The molecule has 5 atom stereocenters. The van der Waals surface area contributed by atoms with Crippen LogP contribution >= 0.6 is 0 Å². The second kappa shape index (κ2) is 8.24. The summed E-state index contributed by atoms with van der Waals surface area (Å²) in [5.41, 5.74) is 1.84. The zero-order chi connectivity index (χ0) is 18.7. The minimum atomic E-state index is -0.184. The second-order valence-corrected chi connectivity index (χ2v) is 9.16. The fourth-order valence-corrected chi connectivity index (χ4v) is 5.53. The van der Waals surface area contributed by atoms with Gasteiger partial charge in [0.2, 0.25) is 0 Å². The molecule has 3 nitrogen and oxygen atoms in total. The average molecular weight is 351 g/mol. The Hall–Kier alpha value is -0.830. The predicted octanol–water partition coefficient (Wildman–Crippen LogP) is 5.13. The highest BCUT2D eigenvalue weighted by Gasteiger charge is 2.53. The lowest BCUT2D eigenvalue weighted by molar-refractivity contribution is -0.141. The summed E-state index contributed by atoms with van der Waals surface area (Å²) in [6, 6.07) is 0. The minimum absolute atomic E-state index is 0.162. The number of fused-ring (bicyclic) bond motifs is 1. The zero-order valence-electron chi connectivity index (χ0n) is 16.9. The SMILES string of the molecule is CC(=O)OCC1=CCCC2[C@]1(C)CC[C@@H](C)[C@]2(C)CCC(C)CCO. The van der Waals surface area contributed by atoms with Crippen molar-refractivity contribution in [2.45, 2.75) is 79.6 Å². The summed E-state index contributed by atoms with van der Waals surface area (Å²) in [5.74, 6) is 1.78. The van der Waals surface area contributed by atoms with Crippen molar-refractivity contribution in [1.29, 1.82) is 0 Å². The van der Waals surface area contributed by atoms with Crippen molar-refractivity contribution in [2.75, 3.05) is 13.2 Å². The van der Waals surface area contributed by atoms with Gasteiger partial charge in [0.05, 0.1) is 0 Å². The fraction of sp³-hybridized carbons (Fsp3) is 0.864. The Bertz CT molecular complexity index is 498. The number of esters is 1. The minimum Gasteiger partial charge on any atom is -0.461 e. The molecular formula is C22H38O3. The monoisotopic (exact) mass is 350 g/mol. The number of carbonyl (C=O) groups excluding carboxylic acids is 1. The van der Waals surface area contributed by atoms with Crippen molar-refractivity contribution in [3.63, 3.8) is 0 Å². The van der Waals surface area contributed by atoms with E-state index in [4.69, 9.17) is 4.74 Å². The van der Waals surface area contributed by atoms with Crippen LogP contribution in [0, 0.1) is 28.6 Å². The summed E-state index contributed by atoms with van der Waals surface area (Å²) >= 11 is 0. The molecule has 0 amide bonds. The maximum Gasteiger partial charge on any atom is 0.302 e.